The van der Waals surface area contributed by atoms with Gasteiger partial charge in [0.05, 0.1) is 11.6 Å². The largest absolute Gasteiger partial charge is 0.488 e. The van der Waals surface area contributed by atoms with E-state index in [-0.39, 0.29) is 11.9 Å². The lowest BCUT2D eigenvalue weighted by molar-refractivity contribution is 0.0931. The maximum absolute atomic E-state index is 13.0. The van der Waals surface area contributed by atoms with Gasteiger partial charge in [0.2, 0.25) is 0 Å². The molecule has 0 saturated carbocycles. The molecule has 28 heavy (non-hydrogen) atoms. The Labute approximate surface area is 167 Å². The molecule has 3 aromatic carbocycles. The van der Waals surface area contributed by atoms with Crippen LogP contribution in [0.2, 0.25) is 0 Å². The highest BCUT2D eigenvalue weighted by molar-refractivity contribution is 5.97. The van der Waals surface area contributed by atoms with Crippen molar-refractivity contribution in [3.63, 3.8) is 0 Å². The van der Waals surface area contributed by atoms with E-state index in [1.165, 1.54) is 11.1 Å². The normalized spacial score (nSPS) is 11.7. The van der Waals surface area contributed by atoms with E-state index in [9.17, 15) is 4.79 Å². The van der Waals surface area contributed by atoms with E-state index in [2.05, 4.69) is 44.3 Å². The molecule has 1 amide bonds. The molecule has 0 heterocycles. The first kappa shape index (κ1) is 19.7. The van der Waals surface area contributed by atoms with E-state index in [0.717, 1.165) is 17.5 Å². The van der Waals surface area contributed by atoms with Crippen LogP contribution in [0.15, 0.2) is 72.8 Å². The second kappa shape index (κ2) is 9.23. The van der Waals surface area contributed by atoms with Gasteiger partial charge in [-0.1, -0.05) is 73.2 Å². The summed E-state index contributed by atoms with van der Waals surface area (Å²) < 4.78 is 5.94. The lowest BCUT2D eigenvalue weighted by Gasteiger charge is -2.21. The fourth-order valence-corrected chi connectivity index (χ4v) is 3.37. The summed E-state index contributed by atoms with van der Waals surface area (Å²) in [5.41, 5.74) is 5.20. The van der Waals surface area contributed by atoms with Crippen LogP contribution >= 0.6 is 0 Å². The molecule has 0 spiro atoms. The molecule has 0 aliphatic carbocycles. The lowest BCUT2D eigenvalue weighted by atomic mass is 9.97. The third-order valence-corrected chi connectivity index (χ3v) is 4.88. The van der Waals surface area contributed by atoms with Crippen LogP contribution in [0.4, 0.5) is 0 Å². The predicted molar refractivity (Wildman–Crippen MR) is 114 cm³/mol. The molecule has 0 fully saturated rings. The summed E-state index contributed by atoms with van der Waals surface area (Å²) in [6, 6.07) is 23.7. The van der Waals surface area contributed by atoms with Gasteiger partial charge in [0.1, 0.15) is 12.4 Å². The number of para-hydroxylation sites is 1. The van der Waals surface area contributed by atoms with Crippen LogP contribution in [0.25, 0.3) is 0 Å². The minimum absolute atomic E-state index is 0.0321. The van der Waals surface area contributed by atoms with Crippen LogP contribution in [0.3, 0.4) is 0 Å². The number of carbonyl (C=O) groups is 1. The van der Waals surface area contributed by atoms with Gasteiger partial charge in [-0.05, 0) is 49.1 Å². The van der Waals surface area contributed by atoms with Gasteiger partial charge in [0, 0.05) is 0 Å². The Bertz CT molecular complexity index is 934. The maximum atomic E-state index is 13.0. The molecule has 0 aliphatic rings. The van der Waals surface area contributed by atoms with Crippen molar-refractivity contribution in [2.45, 2.75) is 39.8 Å². The van der Waals surface area contributed by atoms with E-state index in [0.29, 0.717) is 17.9 Å². The van der Waals surface area contributed by atoms with Crippen molar-refractivity contribution in [3.8, 4) is 5.75 Å². The van der Waals surface area contributed by atoms with Crippen molar-refractivity contribution in [2.24, 2.45) is 0 Å². The zero-order valence-electron chi connectivity index (χ0n) is 16.7. The van der Waals surface area contributed by atoms with Gasteiger partial charge in [-0.15, -0.1) is 0 Å². The molecule has 3 aromatic rings. The first-order valence-corrected chi connectivity index (χ1v) is 9.72. The fraction of sp³-hybridized carbons (Fsp3) is 0.240. The van der Waals surface area contributed by atoms with Crippen molar-refractivity contribution in [2.75, 3.05) is 0 Å². The lowest BCUT2D eigenvalue weighted by Crippen LogP contribution is -2.29. The van der Waals surface area contributed by atoms with Gasteiger partial charge >= 0.3 is 0 Å². The third kappa shape index (κ3) is 4.80. The van der Waals surface area contributed by atoms with Crippen LogP contribution < -0.4 is 10.1 Å². The van der Waals surface area contributed by atoms with Gasteiger partial charge in [-0.3, -0.25) is 4.79 Å². The molecule has 3 rings (SSSR count). The van der Waals surface area contributed by atoms with Crippen molar-refractivity contribution in [1.82, 2.24) is 5.32 Å². The highest BCUT2D eigenvalue weighted by atomic mass is 16.5. The van der Waals surface area contributed by atoms with Gasteiger partial charge in [-0.2, -0.15) is 0 Å². The Morgan fingerprint density at radius 1 is 0.964 bits per heavy atom. The Kier molecular flexibility index (Phi) is 6.49. The van der Waals surface area contributed by atoms with Crippen molar-refractivity contribution in [1.29, 1.82) is 0 Å². The average molecular weight is 373 g/mol. The number of aryl methyl sites for hydroxylation is 2. The standard InChI is InChI=1S/C25H27NO2/c1-4-23(21-15-14-18(2)16-19(21)3)26-25(27)22-12-8-9-13-24(22)28-17-20-10-6-5-7-11-20/h5-16,23H,4,17H2,1-3H3,(H,26,27)/t23-/m0/s1. The molecule has 0 unspecified atom stereocenters. The first-order valence-electron chi connectivity index (χ1n) is 9.72. The summed E-state index contributed by atoms with van der Waals surface area (Å²) >= 11 is 0. The predicted octanol–water partition coefficient (Wildman–Crippen LogP) is 5.76. The molecule has 3 nitrogen and oxygen atoms in total. The van der Waals surface area contributed by atoms with Gasteiger partial charge in [0.25, 0.3) is 5.91 Å². The molecule has 3 heteroatoms. The second-order valence-corrected chi connectivity index (χ2v) is 7.06. The number of amides is 1. The minimum Gasteiger partial charge on any atom is -0.488 e. The Morgan fingerprint density at radius 3 is 2.39 bits per heavy atom. The summed E-state index contributed by atoms with van der Waals surface area (Å²) in [5, 5.41) is 3.18. The number of carbonyl (C=O) groups excluding carboxylic acids is 1. The van der Waals surface area contributed by atoms with Crippen LogP contribution in [-0.2, 0) is 6.61 Å². The summed E-state index contributed by atoms with van der Waals surface area (Å²) in [5.74, 6) is 0.481. The molecular weight excluding hydrogens is 346 g/mol. The summed E-state index contributed by atoms with van der Waals surface area (Å²) in [4.78, 5) is 13.0. The average Bonchev–Trinajstić information content (AvgIpc) is 2.72. The molecule has 0 bridgehead atoms. The Morgan fingerprint density at radius 2 is 1.68 bits per heavy atom. The number of benzene rings is 3. The molecular formula is C25H27NO2. The Balaban J connectivity index is 1.76. The van der Waals surface area contributed by atoms with E-state index >= 15 is 0 Å². The van der Waals surface area contributed by atoms with Crippen LogP contribution in [0.5, 0.6) is 5.75 Å². The maximum Gasteiger partial charge on any atom is 0.255 e. The summed E-state index contributed by atoms with van der Waals surface area (Å²) in [6.07, 6.45) is 0.822. The molecule has 1 N–H and O–H groups in total. The van der Waals surface area contributed by atoms with E-state index in [4.69, 9.17) is 4.74 Å². The topological polar surface area (TPSA) is 38.3 Å². The fourth-order valence-electron chi connectivity index (χ4n) is 3.37. The SMILES string of the molecule is CC[C@H](NC(=O)c1ccccc1OCc1ccccc1)c1ccc(C)cc1C. The quantitative estimate of drug-likeness (QED) is 0.571. The number of hydrogen-bond donors (Lipinski definition) is 1. The molecule has 144 valence electrons. The van der Waals surface area contributed by atoms with E-state index in [1.807, 2.05) is 54.6 Å². The molecule has 1 atom stereocenters. The van der Waals surface area contributed by atoms with Crippen LogP contribution in [0, 0.1) is 13.8 Å². The zero-order valence-corrected chi connectivity index (χ0v) is 16.7. The third-order valence-electron chi connectivity index (χ3n) is 4.88. The Hall–Kier alpha value is -3.07. The van der Waals surface area contributed by atoms with Crippen LogP contribution in [0.1, 0.15) is 52.0 Å². The zero-order chi connectivity index (χ0) is 19.9. The first-order chi connectivity index (χ1) is 13.6. The van der Waals surface area contributed by atoms with Crippen LogP contribution in [-0.4, -0.2) is 5.91 Å². The monoisotopic (exact) mass is 373 g/mol. The second-order valence-electron chi connectivity index (χ2n) is 7.06. The van der Waals surface area contributed by atoms with Gasteiger partial charge in [0.15, 0.2) is 0 Å². The highest BCUT2D eigenvalue weighted by Crippen LogP contribution is 2.24. The van der Waals surface area contributed by atoms with E-state index < -0.39 is 0 Å². The molecule has 0 saturated heterocycles. The smallest absolute Gasteiger partial charge is 0.255 e. The van der Waals surface area contributed by atoms with Crippen molar-refractivity contribution in [3.05, 3.63) is 101 Å². The number of nitrogens with one attached hydrogen (secondary N) is 1. The van der Waals surface area contributed by atoms with E-state index in [1.54, 1.807) is 0 Å². The minimum atomic E-state index is -0.115. The van der Waals surface area contributed by atoms with Gasteiger partial charge < -0.3 is 10.1 Å². The summed E-state index contributed by atoms with van der Waals surface area (Å²) in [6.45, 7) is 6.69. The van der Waals surface area contributed by atoms with Gasteiger partial charge in [-0.25, -0.2) is 0 Å². The highest BCUT2D eigenvalue weighted by Gasteiger charge is 2.18. The van der Waals surface area contributed by atoms with Crippen molar-refractivity contribution >= 4 is 5.91 Å². The number of rotatable bonds is 7. The molecule has 0 aliphatic heterocycles. The number of hydrogen-bond acceptors (Lipinski definition) is 2. The molecule has 0 radical (unpaired) electrons. The summed E-state index contributed by atoms with van der Waals surface area (Å²) in [7, 11) is 0. The molecule has 0 aromatic heterocycles. The van der Waals surface area contributed by atoms with Crippen molar-refractivity contribution < 1.29 is 9.53 Å². The number of ether oxygens (including phenoxy) is 1.